The lowest BCUT2D eigenvalue weighted by Crippen LogP contribution is -2.47. The molecule has 2 atom stereocenters. The Morgan fingerprint density at radius 1 is 1.32 bits per heavy atom. The Bertz CT molecular complexity index is 814. The van der Waals surface area contributed by atoms with Crippen molar-refractivity contribution in [3.8, 4) is 0 Å². The number of hydrogen-bond donors (Lipinski definition) is 6. The van der Waals surface area contributed by atoms with Crippen molar-refractivity contribution in [3.63, 3.8) is 0 Å². The Morgan fingerprint density at radius 2 is 1.89 bits per heavy atom. The molecule has 11 nitrogen and oxygen atoms in total. The molecule has 1 aromatic rings. The quantitative estimate of drug-likeness (QED) is 0.182. The van der Waals surface area contributed by atoms with Crippen LogP contribution in [0.2, 0.25) is 0 Å². The molecule has 152 valence electrons. The van der Waals surface area contributed by atoms with Gasteiger partial charge in [0.15, 0.2) is 0 Å². The summed E-state index contributed by atoms with van der Waals surface area (Å²) in [5, 5.41) is 20.9. The first-order valence-electron chi connectivity index (χ1n) is 7.90. The molecule has 28 heavy (non-hydrogen) atoms. The third-order valence-corrected chi connectivity index (χ3v) is 4.19. The van der Waals surface area contributed by atoms with E-state index in [9.17, 15) is 19.2 Å². The van der Waals surface area contributed by atoms with Crippen LogP contribution in [0, 0.1) is 5.41 Å². The van der Waals surface area contributed by atoms with Gasteiger partial charge in [0, 0.05) is 12.1 Å². The fourth-order valence-corrected chi connectivity index (χ4v) is 2.53. The summed E-state index contributed by atoms with van der Waals surface area (Å²) >= 11 is 0. The number of nitrogen functional groups attached to an aromatic ring is 1. The fraction of sp³-hybridized carbons (Fsp3) is 0.312. The van der Waals surface area contributed by atoms with Crippen LogP contribution in [0.25, 0.3) is 0 Å². The van der Waals surface area contributed by atoms with E-state index in [1.165, 1.54) is 6.92 Å². The highest BCUT2D eigenvalue weighted by Gasteiger charge is 2.49. The normalized spacial score (nSPS) is 19.4. The largest absolute Gasteiger partial charge is 0.480 e. The van der Waals surface area contributed by atoms with Gasteiger partial charge in [-0.1, -0.05) is 24.3 Å². The lowest BCUT2D eigenvalue weighted by Gasteiger charge is -2.22. The van der Waals surface area contributed by atoms with Gasteiger partial charge >= 0.3 is 12.0 Å². The summed E-state index contributed by atoms with van der Waals surface area (Å²) in [5.41, 5.74) is 10.2. The number of aliphatic carboxylic acids is 1. The Morgan fingerprint density at radius 3 is 2.39 bits per heavy atom. The molecule has 0 aromatic heterocycles. The van der Waals surface area contributed by atoms with Crippen molar-refractivity contribution in [2.24, 2.45) is 11.5 Å². The second-order valence-corrected chi connectivity index (χ2v) is 6.19. The molecule has 0 aliphatic carbocycles. The smallest absolute Gasteiger partial charge is 0.325 e. The number of amidine groups is 1. The standard InChI is InChI=1S/C16H20N6O5.ClH/c1-16(9-4-2-8(3-5-9)12(18)19)14(26)22(15(27)21-16)7-11(23)20-6-10(17)13(24)25;/h2-5,10H,6-7,17H2,1H3,(H3,18,19)(H,20,23)(H,21,27)(H,24,25);1H/t10?,16-;/m0./s1. The van der Waals surface area contributed by atoms with E-state index >= 15 is 0 Å². The van der Waals surface area contributed by atoms with E-state index in [2.05, 4.69) is 10.6 Å². The van der Waals surface area contributed by atoms with E-state index in [1.807, 2.05) is 0 Å². The number of hydrogen-bond acceptors (Lipinski definition) is 6. The number of nitrogens with zero attached hydrogens (tertiary/aromatic N) is 1. The Kier molecular flexibility index (Phi) is 7.08. The lowest BCUT2D eigenvalue weighted by atomic mass is 9.91. The predicted molar refractivity (Wildman–Crippen MR) is 101 cm³/mol. The highest BCUT2D eigenvalue weighted by atomic mass is 35.5. The lowest BCUT2D eigenvalue weighted by molar-refractivity contribution is -0.139. The molecule has 0 saturated carbocycles. The summed E-state index contributed by atoms with van der Waals surface area (Å²) < 4.78 is 0. The molecule has 0 radical (unpaired) electrons. The van der Waals surface area contributed by atoms with Gasteiger partial charge in [0.2, 0.25) is 5.91 Å². The summed E-state index contributed by atoms with van der Waals surface area (Å²) in [6.07, 6.45) is 0. The molecule has 8 N–H and O–H groups in total. The molecule has 1 fully saturated rings. The number of amides is 4. The number of carboxylic acid groups (broad SMARTS) is 1. The number of nitrogens with two attached hydrogens (primary N) is 2. The third kappa shape index (κ3) is 4.56. The van der Waals surface area contributed by atoms with E-state index in [1.54, 1.807) is 24.3 Å². The molecule has 12 heteroatoms. The zero-order chi connectivity index (χ0) is 20.4. The van der Waals surface area contributed by atoms with Crippen LogP contribution in [0.3, 0.4) is 0 Å². The number of rotatable bonds is 7. The Hall–Kier alpha value is -3.18. The average molecular weight is 413 g/mol. The molecular formula is C16H21ClN6O5. The topological polar surface area (TPSA) is 192 Å². The molecular weight excluding hydrogens is 392 g/mol. The van der Waals surface area contributed by atoms with Crippen molar-refractivity contribution in [1.82, 2.24) is 15.5 Å². The number of imide groups is 1. The van der Waals surface area contributed by atoms with E-state index in [-0.39, 0.29) is 24.8 Å². The van der Waals surface area contributed by atoms with E-state index < -0.39 is 41.9 Å². The van der Waals surface area contributed by atoms with Gasteiger partial charge in [-0.3, -0.25) is 24.7 Å². The second-order valence-electron chi connectivity index (χ2n) is 6.19. The van der Waals surface area contributed by atoms with Crippen molar-refractivity contribution >= 4 is 42.1 Å². The van der Waals surface area contributed by atoms with Crippen LogP contribution in [0.5, 0.6) is 0 Å². The van der Waals surface area contributed by atoms with Gasteiger partial charge in [-0.25, -0.2) is 4.79 Å². The Labute approximate surface area is 166 Å². The number of carbonyl (C=O) groups excluding carboxylic acids is 3. The van der Waals surface area contributed by atoms with Crippen LogP contribution in [-0.2, 0) is 19.9 Å². The SMILES string of the molecule is C[C@@]1(c2ccc(C(=N)N)cc2)NC(=O)N(CC(=O)NCC(N)C(=O)O)C1=O.Cl. The van der Waals surface area contributed by atoms with Gasteiger partial charge in [-0.2, -0.15) is 0 Å². The number of halogens is 1. The van der Waals surface area contributed by atoms with Crippen molar-refractivity contribution in [2.45, 2.75) is 18.5 Å². The van der Waals surface area contributed by atoms with Crippen LogP contribution < -0.4 is 22.1 Å². The summed E-state index contributed by atoms with van der Waals surface area (Å²) in [5.74, 6) is -2.77. The average Bonchev–Trinajstić information content (AvgIpc) is 2.83. The number of carbonyl (C=O) groups is 4. The van der Waals surface area contributed by atoms with Gasteiger partial charge < -0.3 is 27.2 Å². The fourth-order valence-electron chi connectivity index (χ4n) is 2.53. The zero-order valence-corrected chi connectivity index (χ0v) is 15.7. The van der Waals surface area contributed by atoms with Crippen LogP contribution in [0.4, 0.5) is 4.79 Å². The molecule has 1 aliphatic rings. The minimum Gasteiger partial charge on any atom is -0.480 e. The molecule has 1 unspecified atom stereocenters. The number of urea groups is 1. The molecule has 1 aliphatic heterocycles. The molecule has 4 amide bonds. The van der Waals surface area contributed by atoms with Gasteiger partial charge in [0.25, 0.3) is 5.91 Å². The molecule has 1 aromatic carbocycles. The van der Waals surface area contributed by atoms with Crippen LogP contribution >= 0.6 is 12.4 Å². The number of benzene rings is 1. The summed E-state index contributed by atoms with van der Waals surface area (Å²) in [6, 6.07) is 4.17. The number of carboxylic acids is 1. The summed E-state index contributed by atoms with van der Waals surface area (Å²) in [6.45, 7) is 0.591. The number of nitrogens with one attached hydrogen (secondary N) is 3. The van der Waals surface area contributed by atoms with Crippen LogP contribution in [0.1, 0.15) is 18.1 Å². The van der Waals surface area contributed by atoms with Crippen molar-refractivity contribution in [1.29, 1.82) is 5.41 Å². The second kappa shape index (κ2) is 8.67. The molecule has 2 rings (SSSR count). The van der Waals surface area contributed by atoms with Gasteiger partial charge in [0.05, 0.1) is 0 Å². The van der Waals surface area contributed by atoms with Crippen LogP contribution in [0.15, 0.2) is 24.3 Å². The maximum atomic E-state index is 12.7. The van der Waals surface area contributed by atoms with Crippen molar-refractivity contribution < 1.29 is 24.3 Å². The molecule has 0 bridgehead atoms. The predicted octanol–water partition coefficient (Wildman–Crippen LogP) is -1.31. The minimum atomic E-state index is -1.38. The summed E-state index contributed by atoms with van der Waals surface area (Å²) in [7, 11) is 0. The minimum absolute atomic E-state index is 0. The van der Waals surface area contributed by atoms with E-state index in [4.69, 9.17) is 22.0 Å². The van der Waals surface area contributed by atoms with Gasteiger partial charge in [-0.05, 0) is 12.5 Å². The molecule has 0 spiro atoms. The molecule has 1 saturated heterocycles. The van der Waals surface area contributed by atoms with E-state index in [0.717, 1.165) is 4.90 Å². The first kappa shape index (κ1) is 22.9. The van der Waals surface area contributed by atoms with Crippen molar-refractivity contribution in [2.75, 3.05) is 13.1 Å². The first-order valence-corrected chi connectivity index (χ1v) is 7.90. The van der Waals surface area contributed by atoms with E-state index in [0.29, 0.717) is 11.1 Å². The van der Waals surface area contributed by atoms with Gasteiger partial charge in [0.1, 0.15) is 24.0 Å². The van der Waals surface area contributed by atoms with Crippen LogP contribution in [-0.4, -0.2) is 58.8 Å². The van der Waals surface area contributed by atoms with Crippen molar-refractivity contribution in [3.05, 3.63) is 35.4 Å². The zero-order valence-electron chi connectivity index (χ0n) is 14.9. The monoisotopic (exact) mass is 412 g/mol. The Balaban J connectivity index is 0.00000392. The highest BCUT2D eigenvalue weighted by Crippen LogP contribution is 2.28. The van der Waals surface area contributed by atoms with Gasteiger partial charge in [-0.15, -0.1) is 12.4 Å². The first-order chi connectivity index (χ1) is 12.6. The highest BCUT2D eigenvalue weighted by molar-refractivity contribution is 6.09. The maximum Gasteiger partial charge on any atom is 0.325 e. The molecule has 1 heterocycles. The third-order valence-electron chi connectivity index (χ3n) is 4.19. The maximum absolute atomic E-state index is 12.7. The summed E-state index contributed by atoms with van der Waals surface area (Å²) in [4.78, 5) is 48.2.